The largest absolute Gasteiger partial charge is 0.469 e. The average molecular weight is 350 g/mol. The van der Waals surface area contributed by atoms with Crippen LogP contribution in [-0.4, -0.2) is 39.4 Å². The number of hydrogen-bond donors (Lipinski definition) is 0. The summed E-state index contributed by atoms with van der Waals surface area (Å²) in [7, 11) is -0.738. The second-order valence-electron chi connectivity index (χ2n) is 3.94. The van der Waals surface area contributed by atoms with Crippen LogP contribution in [0.15, 0.2) is 33.6 Å². The molecule has 1 aromatic carbocycles. The molecule has 1 rings (SSSR count). The number of sulfonamides is 1. The van der Waals surface area contributed by atoms with E-state index in [0.29, 0.717) is 10.9 Å². The Bertz CT molecular complexity index is 544. The molecule has 0 aliphatic carbocycles. The molecule has 0 bridgehead atoms. The predicted octanol–water partition coefficient (Wildman–Crippen LogP) is 2.02. The first-order valence-corrected chi connectivity index (χ1v) is 7.90. The van der Waals surface area contributed by atoms with Crippen LogP contribution in [0.1, 0.15) is 12.8 Å². The van der Waals surface area contributed by atoms with Gasteiger partial charge in [0.05, 0.1) is 12.0 Å². The van der Waals surface area contributed by atoms with Crippen molar-refractivity contribution in [2.45, 2.75) is 17.7 Å². The first-order chi connectivity index (χ1) is 8.89. The van der Waals surface area contributed by atoms with E-state index in [1.54, 1.807) is 18.2 Å². The van der Waals surface area contributed by atoms with E-state index < -0.39 is 10.0 Å². The van der Waals surface area contributed by atoms with Gasteiger partial charge in [-0.15, -0.1) is 0 Å². The van der Waals surface area contributed by atoms with Gasteiger partial charge < -0.3 is 4.74 Å². The molecule has 106 valence electrons. The summed E-state index contributed by atoms with van der Waals surface area (Å²) >= 11 is 3.22. The lowest BCUT2D eigenvalue weighted by atomic mass is 10.3. The van der Waals surface area contributed by atoms with Crippen LogP contribution in [0.2, 0.25) is 0 Å². The lowest BCUT2D eigenvalue weighted by Crippen LogP contribution is -2.28. The number of benzene rings is 1. The first-order valence-electron chi connectivity index (χ1n) is 5.67. The van der Waals surface area contributed by atoms with E-state index >= 15 is 0 Å². The van der Waals surface area contributed by atoms with Crippen LogP contribution in [0.25, 0.3) is 0 Å². The van der Waals surface area contributed by atoms with Crippen LogP contribution in [0, 0.1) is 0 Å². The topological polar surface area (TPSA) is 63.7 Å². The molecule has 0 radical (unpaired) electrons. The van der Waals surface area contributed by atoms with Crippen molar-refractivity contribution in [3.05, 3.63) is 28.7 Å². The molecule has 0 amide bonds. The zero-order valence-electron chi connectivity index (χ0n) is 10.8. The fourth-order valence-electron chi connectivity index (χ4n) is 1.49. The van der Waals surface area contributed by atoms with Crippen LogP contribution in [0.4, 0.5) is 0 Å². The molecule has 0 aromatic heterocycles. The maximum atomic E-state index is 12.3. The van der Waals surface area contributed by atoms with Crippen LogP contribution in [0.3, 0.4) is 0 Å². The summed E-state index contributed by atoms with van der Waals surface area (Å²) in [5, 5.41) is 0. The van der Waals surface area contributed by atoms with E-state index in [4.69, 9.17) is 0 Å². The summed E-state index contributed by atoms with van der Waals surface area (Å²) in [6.07, 6.45) is 0.624. The van der Waals surface area contributed by atoms with Crippen LogP contribution >= 0.6 is 15.9 Å². The fraction of sp³-hybridized carbons (Fsp3) is 0.417. The Kier molecular flexibility index (Phi) is 5.96. The molecule has 0 saturated carbocycles. The van der Waals surface area contributed by atoms with E-state index in [2.05, 4.69) is 20.7 Å². The number of esters is 1. The molecule has 0 heterocycles. The summed E-state index contributed by atoms with van der Waals surface area (Å²) < 4.78 is 30.8. The molecular formula is C12H16BrNO4S. The van der Waals surface area contributed by atoms with Gasteiger partial charge in [-0.25, -0.2) is 12.7 Å². The van der Waals surface area contributed by atoms with Crippen molar-refractivity contribution in [3.63, 3.8) is 0 Å². The average Bonchev–Trinajstić information content (AvgIpc) is 2.38. The Morgan fingerprint density at radius 2 is 2.00 bits per heavy atom. The number of carbonyl (C=O) groups excluding carboxylic acids is 1. The van der Waals surface area contributed by atoms with Gasteiger partial charge >= 0.3 is 5.97 Å². The van der Waals surface area contributed by atoms with Gasteiger partial charge in [-0.2, -0.15) is 0 Å². The Labute approximate surface area is 121 Å². The monoisotopic (exact) mass is 349 g/mol. The number of rotatable bonds is 6. The maximum absolute atomic E-state index is 12.3. The van der Waals surface area contributed by atoms with Crippen molar-refractivity contribution < 1.29 is 17.9 Å². The maximum Gasteiger partial charge on any atom is 0.305 e. The Morgan fingerprint density at radius 3 is 2.58 bits per heavy atom. The van der Waals surface area contributed by atoms with Crippen LogP contribution in [0.5, 0.6) is 0 Å². The smallest absolute Gasteiger partial charge is 0.305 e. The third kappa shape index (κ3) is 4.29. The third-order valence-electron chi connectivity index (χ3n) is 2.61. The predicted molar refractivity (Wildman–Crippen MR) is 75.2 cm³/mol. The zero-order valence-corrected chi connectivity index (χ0v) is 13.2. The normalized spacial score (nSPS) is 11.6. The molecule has 0 aliphatic heterocycles. The van der Waals surface area contributed by atoms with Gasteiger partial charge in [-0.1, -0.05) is 12.1 Å². The summed E-state index contributed by atoms with van der Waals surface area (Å²) in [5.41, 5.74) is 0. The Balaban J connectivity index is 2.73. The second kappa shape index (κ2) is 7.02. The second-order valence-corrected chi connectivity index (χ2v) is 6.80. The van der Waals surface area contributed by atoms with Crippen molar-refractivity contribution >= 4 is 31.9 Å². The quantitative estimate of drug-likeness (QED) is 0.737. The lowest BCUT2D eigenvalue weighted by molar-refractivity contribution is -0.140. The molecule has 7 heteroatoms. The van der Waals surface area contributed by atoms with Crippen LogP contribution < -0.4 is 0 Å². The fourth-order valence-corrected chi connectivity index (χ4v) is 3.66. The molecule has 0 aliphatic rings. The van der Waals surface area contributed by atoms with Gasteiger partial charge in [0.25, 0.3) is 0 Å². The lowest BCUT2D eigenvalue weighted by Gasteiger charge is -2.17. The number of nitrogens with zero attached hydrogens (tertiary/aromatic N) is 1. The molecule has 0 unspecified atom stereocenters. The Hall–Kier alpha value is -0.920. The summed E-state index contributed by atoms with van der Waals surface area (Å²) in [6.45, 7) is 0.263. The first kappa shape index (κ1) is 16.1. The van der Waals surface area contributed by atoms with Gasteiger partial charge in [-0.05, 0) is 34.5 Å². The van der Waals surface area contributed by atoms with Gasteiger partial charge in [-0.3, -0.25) is 4.79 Å². The van der Waals surface area contributed by atoms with Gasteiger partial charge in [0.2, 0.25) is 10.0 Å². The molecule has 19 heavy (non-hydrogen) atoms. The highest BCUT2D eigenvalue weighted by atomic mass is 79.9. The van der Waals surface area contributed by atoms with Gasteiger partial charge in [0.15, 0.2) is 0 Å². The number of ether oxygens (including phenoxy) is 1. The van der Waals surface area contributed by atoms with E-state index in [-0.39, 0.29) is 23.8 Å². The minimum Gasteiger partial charge on any atom is -0.469 e. The van der Waals surface area contributed by atoms with E-state index in [0.717, 1.165) is 0 Å². The van der Waals surface area contributed by atoms with Crippen molar-refractivity contribution in [1.29, 1.82) is 0 Å². The number of methoxy groups -OCH3 is 1. The van der Waals surface area contributed by atoms with Gasteiger partial charge in [0.1, 0.15) is 0 Å². The van der Waals surface area contributed by atoms with Crippen molar-refractivity contribution in [2.75, 3.05) is 20.7 Å². The number of halogens is 1. The number of hydrogen-bond acceptors (Lipinski definition) is 4. The van der Waals surface area contributed by atoms with E-state index in [1.165, 1.54) is 24.5 Å². The highest BCUT2D eigenvalue weighted by molar-refractivity contribution is 9.10. The summed E-state index contributed by atoms with van der Waals surface area (Å²) in [5.74, 6) is -0.341. The molecule has 0 fully saturated rings. The summed E-state index contributed by atoms with van der Waals surface area (Å²) in [6, 6.07) is 6.63. The molecule has 0 saturated heterocycles. The molecule has 0 N–H and O–H groups in total. The van der Waals surface area contributed by atoms with Crippen molar-refractivity contribution in [2.24, 2.45) is 0 Å². The van der Waals surface area contributed by atoms with E-state index in [1.807, 2.05) is 0 Å². The molecule has 0 spiro atoms. The van der Waals surface area contributed by atoms with Gasteiger partial charge in [0, 0.05) is 24.5 Å². The molecule has 5 nitrogen and oxygen atoms in total. The van der Waals surface area contributed by atoms with Crippen LogP contribution in [-0.2, 0) is 19.6 Å². The SMILES string of the molecule is COC(=O)CCCN(C)S(=O)(=O)c1ccccc1Br. The Morgan fingerprint density at radius 1 is 1.37 bits per heavy atom. The molecular weight excluding hydrogens is 334 g/mol. The molecule has 1 aromatic rings. The van der Waals surface area contributed by atoms with Crippen molar-refractivity contribution in [1.82, 2.24) is 4.31 Å². The zero-order chi connectivity index (χ0) is 14.5. The molecule has 0 atom stereocenters. The summed E-state index contributed by atoms with van der Waals surface area (Å²) in [4.78, 5) is 11.2. The van der Waals surface area contributed by atoms with E-state index in [9.17, 15) is 13.2 Å². The minimum atomic E-state index is -3.54. The van der Waals surface area contributed by atoms with Crippen molar-refractivity contribution in [3.8, 4) is 0 Å². The number of carbonyl (C=O) groups is 1. The highest BCUT2D eigenvalue weighted by Crippen LogP contribution is 2.24. The highest BCUT2D eigenvalue weighted by Gasteiger charge is 2.22. The minimum absolute atomic E-state index is 0.201. The standard InChI is InChI=1S/C12H16BrNO4S/c1-14(9-5-8-12(15)18-2)19(16,17)11-7-4-3-6-10(11)13/h3-4,6-7H,5,8-9H2,1-2H3. The third-order valence-corrected chi connectivity index (χ3v) is 5.48.